The molecule has 0 spiro atoms. The van der Waals surface area contributed by atoms with E-state index in [1.54, 1.807) is 23.5 Å². The highest BCUT2D eigenvalue weighted by molar-refractivity contribution is 7.18. The Labute approximate surface area is 154 Å². The first-order valence-electron chi connectivity index (χ1n) is 8.50. The molecule has 1 aliphatic heterocycles. The van der Waals surface area contributed by atoms with Gasteiger partial charge in [-0.25, -0.2) is 4.98 Å². The van der Waals surface area contributed by atoms with E-state index in [1.165, 1.54) is 10.8 Å². The molecule has 132 valence electrons. The lowest BCUT2D eigenvalue weighted by Crippen LogP contribution is -2.34. The van der Waals surface area contributed by atoms with Gasteiger partial charge in [0.05, 0.1) is 20.1 Å². The summed E-state index contributed by atoms with van der Waals surface area (Å²) in [5.74, 6) is 0.256. The fourth-order valence-corrected chi connectivity index (χ4v) is 4.58. The van der Waals surface area contributed by atoms with Gasteiger partial charge in [0.15, 0.2) is 0 Å². The van der Waals surface area contributed by atoms with Gasteiger partial charge in [0, 0.05) is 30.6 Å². The van der Waals surface area contributed by atoms with E-state index < -0.39 is 4.92 Å². The molecule has 6 nitrogen and oxygen atoms in total. The Balaban J connectivity index is 1.64. The van der Waals surface area contributed by atoms with Crippen molar-refractivity contribution in [2.45, 2.75) is 18.8 Å². The summed E-state index contributed by atoms with van der Waals surface area (Å²) in [5, 5.41) is 12.5. The van der Waals surface area contributed by atoms with Crippen molar-refractivity contribution in [3.8, 4) is 0 Å². The number of fused-ring (bicyclic) bond motifs is 1. The predicted octanol–water partition coefficient (Wildman–Crippen LogP) is 4.40. The number of carbonyl (C=O) groups excluding carboxylic acids is 1. The molecule has 0 N–H and O–H groups in total. The summed E-state index contributed by atoms with van der Waals surface area (Å²) in [7, 11) is 0. The van der Waals surface area contributed by atoms with Gasteiger partial charge in [0.25, 0.3) is 5.69 Å². The van der Waals surface area contributed by atoms with E-state index in [0.717, 1.165) is 29.9 Å². The number of piperidine rings is 1. The first-order chi connectivity index (χ1) is 12.7. The topological polar surface area (TPSA) is 76.3 Å². The van der Waals surface area contributed by atoms with Crippen molar-refractivity contribution in [3.05, 3.63) is 63.1 Å². The number of para-hydroxylation sites is 1. The van der Waals surface area contributed by atoms with E-state index >= 15 is 0 Å². The lowest BCUT2D eigenvalue weighted by Gasteiger charge is -2.33. The minimum absolute atomic E-state index is 0.0143. The second-order valence-electron chi connectivity index (χ2n) is 6.43. The summed E-state index contributed by atoms with van der Waals surface area (Å²) in [6.45, 7) is 1.46. The van der Waals surface area contributed by atoms with Crippen molar-refractivity contribution >= 4 is 39.2 Å². The molecule has 26 heavy (non-hydrogen) atoms. The van der Waals surface area contributed by atoms with Gasteiger partial charge in [-0.05, 0) is 37.1 Å². The third-order valence-electron chi connectivity index (χ3n) is 4.75. The number of aromatic nitrogens is 1. The van der Waals surface area contributed by atoms with Gasteiger partial charge >= 0.3 is 0 Å². The van der Waals surface area contributed by atoms with Crippen molar-refractivity contribution in [3.63, 3.8) is 0 Å². The number of nitrogens with zero attached hydrogens (tertiary/aromatic N) is 3. The third-order valence-corrected chi connectivity index (χ3v) is 5.95. The number of carbonyl (C=O) groups is 1. The number of hydrogen-bond acceptors (Lipinski definition) is 6. The molecule has 1 aromatic heterocycles. The molecule has 1 fully saturated rings. The number of hydrogen-bond donors (Lipinski definition) is 0. The molecular formula is C19H17N3O3S. The molecule has 4 rings (SSSR count). The van der Waals surface area contributed by atoms with Crippen LogP contribution in [0.15, 0.2) is 42.5 Å². The van der Waals surface area contributed by atoms with Crippen LogP contribution in [-0.4, -0.2) is 29.3 Å². The molecule has 0 unspecified atom stereocenters. The monoisotopic (exact) mass is 367 g/mol. The average Bonchev–Trinajstić information content (AvgIpc) is 3.12. The maximum atomic E-state index is 11.5. The summed E-state index contributed by atoms with van der Waals surface area (Å²) in [4.78, 5) is 28.8. The van der Waals surface area contributed by atoms with Crippen LogP contribution in [0, 0.1) is 10.1 Å². The van der Waals surface area contributed by atoms with Crippen LogP contribution in [-0.2, 0) is 0 Å². The first kappa shape index (κ1) is 16.7. The summed E-state index contributed by atoms with van der Waals surface area (Å²) in [5.41, 5.74) is 1.89. The van der Waals surface area contributed by atoms with Crippen molar-refractivity contribution < 1.29 is 9.72 Å². The minimum atomic E-state index is -0.413. The van der Waals surface area contributed by atoms with Crippen molar-refractivity contribution in [2.75, 3.05) is 18.0 Å². The van der Waals surface area contributed by atoms with Crippen LogP contribution < -0.4 is 4.90 Å². The smallest absolute Gasteiger partial charge is 0.293 e. The number of rotatable bonds is 4. The molecule has 2 heterocycles. The van der Waals surface area contributed by atoms with E-state index in [4.69, 9.17) is 4.98 Å². The summed E-state index contributed by atoms with van der Waals surface area (Å²) >= 11 is 1.70. The molecule has 0 saturated carbocycles. The van der Waals surface area contributed by atoms with Crippen LogP contribution in [0.3, 0.4) is 0 Å². The maximum absolute atomic E-state index is 11.5. The molecule has 0 aliphatic carbocycles. The largest absolute Gasteiger partial charge is 0.365 e. The van der Waals surface area contributed by atoms with Gasteiger partial charge in [-0.15, -0.1) is 11.3 Å². The normalized spacial score (nSPS) is 17.4. The van der Waals surface area contributed by atoms with Crippen LogP contribution in [0.4, 0.5) is 11.4 Å². The van der Waals surface area contributed by atoms with E-state index in [0.29, 0.717) is 24.1 Å². The van der Waals surface area contributed by atoms with E-state index in [1.807, 2.05) is 23.1 Å². The summed E-state index contributed by atoms with van der Waals surface area (Å²) in [6, 6.07) is 12.7. The molecule has 1 aliphatic rings. The molecule has 3 aromatic rings. The molecule has 2 aromatic carbocycles. The van der Waals surface area contributed by atoms with Gasteiger partial charge in [0.2, 0.25) is 0 Å². The van der Waals surface area contributed by atoms with Gasteiger partial charge in [0.1, 0.15) is 12.0 Å². The average molecular weight is 367 g/mol. The van der Waals surface area contributed by atoms with Gasteiger partial charge in [-0.1, -0.05) is 12.1 Å². The standard InChI is InChI=1S/C19H17N3O3S/c23-12-13-7-8-16(17(10-13)22(24)25)21-9-3-4-14(11-21)19-20-15-5-1-2-6-18(15)26-19/h1-2,5-8,10,12,14H,3-4,9,11H2/t14-/m1/s1. The summed E-state index contributed by atoms with van der Waals surface area (Å²) in [6.07, 6.45) is 2.61. The van der Waals surface area contributed by atoms with Crippen LogP contribution in [0.25, 0.3) is 10.2 Å². The molecule has 1 atom stereocenters. The van der Waals surface area contributed by atoms with Crippen molar-refractivity contribution in [1.82, 2.24) is 4.98 Å². The highest BCUT2D eigenvalue weighted by Crippen LogP contribution is 2.37. The van der Waals surface area contributed by atoms with Crippen molar-refractivity contribution in [1.29, 1.82) is 0 Å². The van der Waals surface area contributed by atoms with Gasteiger partial charge in [-0.3, -0.25) is 14.9 Å². The minimum Gasteiger partial charge on any atom is -0.365 e. The number of anilines is 1. The highest BCUT2D eigenvalue weighted by atomic mass is 32.1. The van der Waals surface area contributed by atoms with E-state index in [2.05, 4.69) is 6.07 Å². The first-order valence-corrected chi connectivity index (χ1v) is 9.31. The number of aldehydes is 1. The fraction of sp³-hybridized carbons (Fsp3) is 0.263. The SMILES string of the molecule is O=Cc1ccc(N2CCC[C@@H](c3nc4ccccc4s3)C2)c([N+](=O)[O-])c1. The quantitative estimate of drug-likeness (QED) is 0.388. The second-order valence-corrected chi connectivity index (χ2v) is 7.49. The molecule has 0 bridgehead atoms. The second kappa shape index (κ2) is 6.84. The number of thiazole rings is 1. The Hall–Kier alpha value is -2.80. The van der Waals surface area contributed by atoms with Crippen LogP contribution >= 0.6 is 11.3 Å². The Morgan fingerprint density at radius 1 is 1.27 bits per heavy atom. The number of nitro groups is 1. The fourth-order valence-electron chi connectivity index (χ4n) is 3.49. The summed E-state index contributed by atoms with van der Waals surface area (Å²) < 4.78 is 1.17. The maximum Gasteiger partial charge on any atom is 0.293 e. The molecule has 1 saturated heterocycles. The lowest BCUT2D eigenvalue weighted by atomic mass is 9.97. The van der Waals surface area contributed by atoms with Gasteiger partial charge < -0.3 is 4.90 Å². The Morgan fingerprint density at radius 3 is 2.88 bits per heavy atom. The van der Waals surface area contributed by atoms with E-state index in [9.17, 15) is 14.9 Å². The van der Waals surface area contributed by atoms with Crippen molar-refractivity contribution in [2.24, 2.45) is 0 Å². The Kier molecular flexibility index (Phi) is 4.38. The zero-order chi connectivity index (χ0) is 18.1. The zero-order valence-corrected chi connectivity index (χ0v) is 14.8. The highest BCUT2D eigenvalue weighted by Gasteiger charge is 2.28. The van der Waals surface area contributed by atoms with Crippen LogP contribution in [0.2, 0.25) is 0 Å². The predicted molar refractivity (Wildman–Crippen MR) is 102 cm³/mol. The number of nitro benzene ring substituents is 1. The third kappa shape index (κ3) is 3.06. The van der Waals surface area contributed by atoms with Crippen LogP contribution in [0.1, 0.15) is 34.1 Å². The Bertz CT molecular complexity index is 952. The molecule has 0 amide bonds. The zero-order valence-electron chi connectivity index (χ0n) is 14.0. The van der Waals surface area contributed by atoms with Crippen LogP contribution in [0.5, 0.6) is 0 Å². The van der Waals surface area contributed by atoms with E-state index in [-0.39, 0.29) is 11.6 Å². The molecule has 7 heteroatoms. The lowest BCUT2D eigenvalue weighted by molar-refractivity contribution is -0.384. The Morgan fingerprint density at radius 2 is 2.12 bits per heavy atom. The van der Waals surface area contributed by atoms with Gasteiger partial charge in [-0.2, -0.15) is 0 Å². The molecular weight excluding hydrogens is 350 g/mol. The number of benzene rings is 2. The molecule has 0 radical (unpaired) electrons.